The number of hydrogen-bond acceptors (Lipinski definition) is 3. The first kappa shape index (κ1) is 22.1. The van der Waals surface area contributed by atoms with E-state index in [9.17, 15) is 4.79 Å². The largest absolute Gasteiger partial charge is 0.398 e. The Bertz CT molecular complexity index is 780. The van der Waals surface area contributed by atoms with Gasteiger partial charge in [-0.2, -0.15) is 0 Å². The van der Waals surface area contributed by atoms with Crippen LogP contribution >= 0.6 is 78.3 Å². The summed E-state index contributed by atoms with van der Waals surface area (Å²) in [5, 5.41) is 0.882. The zero-order valence-electron chi connectivity index (χ0n) is 13.2. The van der Waals surface area contributed by atoms with Gasteiger partial charge in [0.2, 0.25) is 0 Å². The van der Waals surface area contributed by atoms with Crippen molar-refractivity contribution in [3.8, 4) is 0 Å². The molecule has 0 saturated heterocycles. The number of alkyl halides is 2. The second-order valence-corrected chi connectivity index (χ2v) is 8.80. The number of benzene rings is 2. The number of hydrogen-bond donors (Lipinski definition) is 2. The van der Waals surface area contributed by atoms with Crippen molar-refractivity contribution in [3.05, 3.63) is 54.4 Å². The highest BCUT2D eigenvalue weighted by atomic mass is 79.9. The van der Waals surface area contributed by atoms with Crippen molar-refractivity contribution in [2.24, 2.45) is 0 Å². The number of Topliss-reactive ketones (excluding diaryl/α,β-unsaturated/α-hetero) is 1. The molecule has 0 aliphatic carbocycles. The first-order valence-electron chi connectivity index (χ1n) is 7.35. The van der Waals surface area contributed by atoms with Crippen molar-refractivity contribution in [2.45, 2.75) is 11.8 Å². The van der Waals surface area contributed by atoms with Crippen molar-refractivity contribution in [1.29, 1.82) is 0 Å². The Morgan fingerprint density at radius 3 is 1.50 bits per heavy atom. The lowest BCUT2D eigenvalue weighted by atomic mass is 9.84. The lowest BCUT2D eigenvalue weighted by Crippen LogP contribution is -2.25. The molecule has 0 amide bonds. The van der Waals surface area contributed by atoms with Crippen LogP contribution in [0, 0.1) is 0 Å². The van der Waals surface area contributed by atoms with Gasteiger partial charge in [0.15, 0.2) is 0 Å². The minimum Gasteiger partial charge on any atom is -0.398 e. The molecule has 9 heteroatoms. The molecule has 2 aromatic rings. The first-order chi connectivity index (χ1) is 12.2. The van der Waals surface area contributed by atoms with Gasteiger partial charge in [-0.3, -0.25) is 4.79 Å². The fourth-order valence-corrected chi connectivity index (χ4v) is 4.96. The molecule has 3 nitrogen and oxygen atoms in total. The van der Waals surface area contributed by atoms with Crippen LogP contribution in [0.2, 0.25) is 10.0 Å². The summed E-state index contributed by atoms with van der Waals surface area (Å²) in [5.74, 6) is -1.58. The molecule has 0 aliphatic rings. The third kappa shape index (κ3) is 4.62. The van der Waals surface area contributed by atoms with Gasteiger partial charge in [-0.1, -0.05) is 23.2 Å². The zero-order chi connectivity index (χ0) is 19.6. The minimum atomic E-state index is -0.701. The summed E-state index contributed by atoms with van der Waals surface area (Å²) in [5.41, 5.74) is 14.1. The Balaban J connectivity index is 2.53. The van der Waals surface area contributed by atoms with Crippen LogP contribution in [0.25, 0.3) is 0 Å². The highest BCUT2D eigenvalue weighted by Crippen LogP contribution is 2.39. The topological polar surface area (TPSA) is 69.1 Å². The number of carbonyl (C=O) groups is 1. The SMILES string of the molecule is Nc1c(Br)cc(Cl)cc1C(CCl)C(=O)C(CCl)c1cc(Cl)cc(Br)c1N. The molecule has 0 radical (unpaired) electrons. The molecule has 0 heterocycles. The van der Waals surface area contributed by atoms with E-state index in [1.807, 2.05) is 0 Å². The summed E-state index contributed by atoms with van der Waals surface area (Å²) < 4.78 is 1.19. The molecule has 2 aromatic carbocycles. The van der Waals surface area contributed by atoms with E-state index >= 15 is 0 Å². The average molecular weight is 564 g/mol. The summed E-state index contributed by atoms with van der Waals surface area (Å²) in [6.45, 7) is 0. The maximum Gasteiger partial charge on any atom is 0.150 e. The molecule has 0 aliphatic heterocycles. The van der Waals surface area contributed by atoms with Crippen molar-refractivity contribution in [2.75, 3.05) is 23.2 Å². The van der Waals surface area contributed by atoms with Crippen LogP contribution < -0.4 is 11.5 Å². The van der Waals surface area contributed by atoms with Gasteiger partial charge in [0, 0.05) is 42.1 Å². The van der Waals surface area contributed by atoms with E-state index in [-0.39, 0.29) is 17.5 Å². The maximum atomic E-state index is 13.3. The fourth-order valence-electron chi connectivity index (χ4n) is 2.65. The van der Waals surface area contributed by atoms with Crippen molar-refractivity contribution >= 4 is 95.4 Å². The van der Waals surface area contributed by atoms with Crippen LogP contribution in [0.15, 0.2) is 33.2 Å². The van der Waals surface area contributed by atoms with E-state index in [0.717, 1.165) is 0 Å². The summed E-state index contributed by atoms with van der Waals surface area (Å²) in [7, 11) is 0. The standard InChI is InChI=1S/C17H14Br2Cl4N2O/c18-13-3-7(22)1-9(15(13)24)11(5-20)17(26)12(6-21)10-2-8(23)4-14(19)16(10)25/h1-4,11-12H,5-6,24-25H2. The highest BCUT2D eigenvalue weighted by Gasteiger charge is 2.32. The summed E-state index contributed by atoms with van der Waals surface area (Å²) in [6.07, 6.45) is 0. The quantitative estimate of drug-likeness (QED) is 0.307. The molecular weight excluding hydrogens is 550 g/mol. The zero-order valence-corrected chi connectivity index (χ0v) is 19.4. The van der Waals surface area contributed by atoms with Crippen LogP contribution in [0.4, 0.5) is 11.4 Å². The average Bonchev–Trinajstić information content (AvgIpc) is 2.57. The Hall–Kier alpha value is -0.170. The fraction of sp³-hybridized carbons (Fsp3) is 0.235. The first-order valence-corrected chi connectivity index (χ1v) is 10.8. The number of ketones is 1. The molecule has 2 rings (SSSR count). The van der Waals surface area contributed by atoms with Crippen molar-refractivity contribution in [1.82, 2.24) is 0 Å². The molecule has 140 valence electrons. The van der Waals surface area contributed by atoms with E-state index in [1.54, 1.807) is 24.3 Å². The minimum absolute atomic E-state index is 0.0187. The number of nitrogens with two attached hydrogens (primary N) is 2. The molecule has 2 atom stereocenters. The monoisotopic (exact) mass is 560 g/mol. The second kappa shape index (κ2) is 9.35. The Labute approximate surface area is 188 Å². The molecule has 2 unspecified atom stereocenters. The van der Waals surface area contributed by atoms with Gasteiger partial charge in [-0.05, 0) is 67.3 Å². The lowest BCUT2D eigenvalue weighted by Gasteiger charge is -2.23. The van der Waals surface area contributed by atoms with E-state index in [0.29, 0.717) is 41.5 Å². The summed E-state index contributed by atoms with van der Waals surface area (Å²) in [4.78, 5) is 13.3. The van der Waals surface area contributed by atoms with Crippen LogP contribution in [-0.2, 0) is 4.79 Å². The third-order valence-corrected chi connectivity index (χ3v) is 6.36. The highest BCUT2D eigenvalue weighted by molar-refractivity contribution is 9.11. The number of rotatable bonds is 6. The number of nitrogen functional groups attached to an aromatic ring is 2. The van der Waals surface area contributed by atoms with Gasteiger partial charge in [0.05, 0.1) is 11.8 Å². The second-order valence-electron chi connectivity index (χ2n) is 5.60. The Kier molecular flexibility index (Phi) is 7.96. The van der Waals surface area contributed by atoms with Gasteiger partial charge >= 0.3 is 0 Å². The van der Waals surface area contributed by atoms with Gasteiger partial charge in [-0.15, -0.1) is 23.2 Å². The summed E-state index contributed by atoms with van der Waals surface area (Å²) >= 11 is 31.2. The normalized spacial score (nSPS) is 13.5. The molecule has 0 saturated carbocycles. The third-order valence-electron chi connectivity index (χ3n) is 4.00. The van der Waals surface area contributed by atoms with Crippen molar-refractivity contribution in [3.63, 3.8) is 0 Å². The number of halogens is 6. The molecule has 0 spiro atoms. The number of carbonyl (C=O) groups excluding carboxylic acids is 1. The Morgan fingerprint density at radius 1 is 0.846 bits per heavy atom. The molecule has 0 fully saturated rings. The Morgan fingerprint density at radius 2 is 1.19 bits per heavy atom. The van der Waals surface area contributed by atoms with Crippen LogP contribution in [-0.4, -0.2) is 17.5 Å². The van der Waals surface area contributed by atoms with Crippen LogP contribution in [0.3, 0.4) is 0 Å². The molecule has 0 aromatic heterocycles. The van der Waals surface area contributed by atoms with Gasteiger partial charge in [-0.25, -0.2) is 0 Å². The summed E-state index contributed by atoms with van der Waals surface area (Å²) in [6, 6.07) is 6.58. The molecular formula is C17H14Br2Cl4N2O. The molecule has 26 heavy (non-hydrogen) atoms. The maximum absolute atomic E-state index is 13.3. The van der Waals surface area contributed by atoms with Gasteiger partial charge in [0.25, 0.3) is 0 Å². The lowest BCUT2D eigenvalue weighted by molar-refractivity contribution is -0.121. The predicted molar refractivity (Wildman–Crippen MR) is 119 cm³/mol. The van der Waals surface area contributed by atoms with E-state index in [4.69, 9.17) is 57.9 Å². The van der Waals surface area contributed by atoms with E-state index in [2.05, 4.69) is 31.9 Å². The van der Waals surface area contributed by atoms with Crippen molar-refractivity contribution < 1.29 is 4.79 Å². The smallest absolute Gasteiger partial charge is 0.150 e. The number of anilines is 2. The van der Waals surface area contributed by atoms with E-state index < -0.39 is 11.8 Å². The van der Waals surface area contributed by atoms with Gasteiger partial charge < -0.3 is 11.5 Å². The van der Waals surface area contributed by atoms with Crippen LogP contribution in [0.5, 0.6) is 0 Å². The molecule has 4 N–H and O–H groups in total. The predicted octanol–water partition coefficient (Wildman–Crippen LogP) is 6.60. The molecule has 0 bridgehead atoms. The van der Waals surface area contributed by atoms with Crippen LogP contribution in [0.1, 0.15) is 23.0 Å². The van der Waals surface area contributed by atoms with E-state index in [1.165, 1.54) is 0 Å². The van der Waals surface area contributed by atoms with Gasteiger partial charge in [0.1, 0.15) is 5.78 Å².